The number of halogens is 3. The van der Waals surface area contributed by atoms with Gasteiger partial charge in [-0.25, -0.2) is 12.8 Å². The Balaban J connectivity index is 1.51. The molecular weight excluding hydrogens is 439 g/mol. The van der Waals surface area contributed by atoms with Crippen LogP contribution in [-0.4, -0.2) is 62.0 Å². The maximum atomic E-state index is 13.9. The van der Waals surface area contributed by atoms with Gasteiger partial charge >= 0.3 is 0 Å². The molecule has 0 spiro atoms. The average molecular weight is 460 g/mol. The van der Waals surface area contributed by atoms with Gasteiger partial charge in [0, 0.05) is 36.8 Å². The van der Waals surface area contributed by atoms with E-state index in [0.717, 1.165) is 6.07 Å². The minimum atomic E-state index is -3.93. The van der Waals surface area contributed by atoms with E-state index in [-0.39, 0.29) is 30.4 Å². The SMILES string of the molecule is O=C(CN1CCN(S(=O)(=O)c2ccccc2F)CC1)Nc1ccc(SC(F)F)cc1. The Labute approximate surface area is 177 Å². The molecule has 0 aromatic heterocycles. The van der Waals surface area contributed by atoms with Gasteiger partial charge in [-0.2, -0.15) is 13.1 Å². The van der Waals surface area contributed by atoms with Crippen molar-refractivity contribution in [1.29, 1.82) is 0 Å². The van der Waals surface area contributed by atoms with Crippen molar-refractivity contribution in [1.82, 2.24) is 9.21 Å². The second kappa shape index (κ2) is 9.82. The molecule has 1 heterocycles. The number of amides is 1. The zero-order chi connectivity index (χ0) is 21.7. The van der Waals surface area contributed by atoms with Crippen molar-refractivity contribution in [3.05, 3.63) is 54.3 Å². The van der Waals surface area contributed by atoms with Crippen LogP contribution >= 0.6 is 11.8 Å². The van der Waals surface area contributed by atoms with Gasteiger partial charge in [0.2, 0.25) is 15.9 Å². The summed E-state index contributed by atoms with van der Waals surface area (Å²) in [7, 11) is -3.93. The molecule has 30 heavy (non-hydrogen) atoms. The number of piperazine rings is 1. The summed E-state index contributed by atoms with van der Waals surface area (Å²) in [6.45, 7) is 0.990. The molecule has 2 aromatic carbocycles. The van der Waals surface area contributed by atoms with E-state index in [9.17, 15) is 26.4 Å². The number of thioether (sulfide) groups is 1. The average Bonchev–Trinajstić information content (AvgIpc) is 2.69. The summed E-state index contributed by atoms with van der Waals surface area (Å²) < 4.78 is 65.0. The molecule has 1 fully saturated rings. The molecule has 1 N–H and O–H groups in total. The number of anilines is 1. The highest BCUT2D eigenvalue weighted by atomic mass is 32.2. The smallest absolute Gasteiger partial charge is 0.288 e. The third-order valence-electron chi connectivity index (χ3n) is 4.52. The van der Waals surface area contributed by atoms with E-state index < -0.39 is 21.6 Å². The van der Waals surface area contributed by atoms with Gasteiger partial charge in [0.15, 0.2) is 0 Å². The van der Waals surface area contributed by atoms with Gasteiger partial charge < -0.3 is 5.32 Å². The van der Waals surface area contributed by atoms with Gasteiger partial charge in [0.05, 0.1) is 6.54 Å². The van der Waals surface area contributed by atoms with Crippen molar-refractivity contribution in [2.75, 3.05) is 38.0 Å². The second-order valence-corrected chi connectivity index (χ2v) is 9.53. The van der Waals surface area contributed by atoms with Gasteiger partial charge in [-0.1, -0.05) is 23.9 Å². The number of sulfonamides is 1. The molecule has 0 saturated carbocycles. The number of carbonyl (C=O) groups is 1. The highest BCUT2D eigenvalue weighted by Crippen LogP contribution is 2.26. The number of hydrogen-bond acceptors (Lipinski definition) is 5. The van der Waals surface area contributed by atoms with Gasteiger partial charge in [-0.05, 0) is 36.4 Å². The number of benzene rings is 2. The van der Waals surface area contributed by atoms with Gasteiger partial charge in [-0.15, -0.1) is 0 Å². The third-order valence-corrected chi connectivity index (χ3v) is 7.17. The van der Waals surface area contributed by atoms with Crippen molar-refractivity contribution < 1.29 is 26.4 Å². The quantitative estimate of drug-likeness (QED) is 0.645. The summed E-state index contributed by atoms with van der Waals surface area (Å²) in [4.78, 5) is 14.1. The first-order valence-corrected chi connectivity index (χ1v) is 11.4. The van der Waals surface area contributed by atoms with Crippen LogP contribution in [0.2, 0.25) is 0 Å². The molecule has 0 bridgehead atoms. The van der Waals surface area contributed by atoms with E-state index in [0.29, 0.717) is 35.4 Å². The molecule has 1 aliphatic rings. The number of rotatable bonds is 7. The maximum Gasteiger partial charge on any atom is 0.288 e. The van der Waals surface area contributed by atoms with E-state index in [2.05, 4.69) is 5.32 Å². The van der Waals surface area contributed by atoms with Crippen molar-refractivity contribution >= 4 is 33.4 Å². The molecule has 0 aliphatic carbocycles. The molecule has 3 rings (SSSR count). The van der Waals surface area contributed by atoms with Crippen LogP contribution in [0.3, 0.4) is 0 Å². The lowest BCUT2D eigenvalue weighted by molar-refractivity contribution is -0.117. The third kappa shape index (κ3) is 5.75. The number of hydrogen-bond donors (Lipinski definition) is 1. The lowest BCUT2D eigenvalue weighted by Crippen LogP contribution is -2.50. The Bertz CT molecular complexity index is 980. The summed E-state index contributed by atoms with van der Waals surface area (Å²) in [5, 5.41) is 2.69. The molecule has 0 atom stereocenters. The van der Waals surface area contributed by atoms with Crippen LogP contribution in [0, 0.1) is 5.82 Å². The van der Waals surface area contributed by atoms with E-state index in [4.69, 9.17) is 0 Å². The zero-order valence-corrected chi connectivity index (χ0v) is 17.4. The zero-order valence-electron chi connectivity index (χ0n) is 15.8. The van der Waals surface area contributed by atoms with Crippen molar-refractivity contribution in [3.8, 4) is 0 Å². The summed E-state index contributed by atoms with van der Waals surface area (Å²) in [5.41, 5.74) is 0.486. The Kier molecular flexibility index (Phi) is 7.40. The van der Waals surface area contributed by atoms with Crippen molar-refractivity contribution in [2.45, 2.75) is 15.5 Å². The first-order chi connectivity index (χ1) is 14.3. The molecular formula is C19H20F3N3O3S2. The Morgan fingerprint density at radius 3 is 2.27 bits per heavy atom. The lowest BCUT2D eigenvalue weighted by Gasteiger charge is -2.33. The molecule has 11 heteroatoms. The molecule has 1 amide bonds. The molecule has 0 radical (unpaired) electrons. The normalized spacial score (nSPS) is 16.0. The van der Waals surface area contributed by atoms with E-state index in [1.54, 1.807) is 17.0 Å². The monoisotopic (exact) mass is 459 g/mol. The first kappa shape index (κ1) is 22.6. The number of nitrogens with zero attached hydrogens (tertiary/aromatic N) is 2. The van der Waals surface area contributed by atoms with Gasteiger partial charge in [-0.3, -0.25) is 9.69 Å². The predicted molar refractivity (Wildman–Crippen MR) is 109 cm³/mol. The largest absolute Gasteiger partial charge is 0.325 e. The van der Waals surface area contributed by atoms with Crippen LogP contribution < -0.4 is 5.32 Å². The number of nitrogens with one attached hydrogen (secondary N) is 1. The summed E-state index contributed by atoms with van der Waals surface area (Å²) in [5.74, 6) is -3.60. The fourth-order valence-electron chi connectivity index (χ4n) is 3.04. The molecule has 0 unspecified atom stereocenters. The van der Waals surface area contributed by atoms with E-state index in [1.165, 1.54) is 34.6 Å². The predicted octanol–water partition coefficient (Wildman–Crippen LogP) is 3.09. The van der Waals surface area contributed by atoms with Crippen LogP contribution in [0.25, 0.3) is 0 Å². The Morgan fingerprint density at radius 2 is 1.67 bits per heavy atom. The van der Waals surface area contributed by atoms with Crippen molar-refractivity contribution in [2.24, 2.45) is 0 Å². The fraction of sp³-hybridized carbons (Fsp3) is 0.316. The van der Waals surface area contributed by atoms with Gasteiger partial charge in [0.1, 0.15) is 10.7 Å². The highest BCUT2D eigenvalue weighted by Gasteiger charge is 2.30. The lowest BCUT2D eigenvalue weighted by atomic mass is 10.3. The van der Waals surface area contributed by atoms with Crippen LogP contribution in [0.5, 0.6) is 0 Å². The minimum absolute atomic E-state index is 0.0567. The van der Waals surface area contributed by atoms with Crippen LogP contribution in [0.15, 0.2) is 58.3 Å². The second-order valence-electron chi connectivity index (χ2n) is 6.56. The number of carbonyl (C=O) groups excluding carboxylic acids is 1. The van der Waals surface area contributed by atoms with Crippen LogP contribution in [0.1, 0.15) is 0 Å². The summed E-state index contributed by atoms with van der Waals surface area (Å²) >= 11 is 0.424. The van der Waals surface area contributed by atoms with Crippen LogP contribution in [0.4, 0.5) is 18.9 Å². The summed E-state index contributed by atoms with van der Waals surface area (Å²) in [6.07, 6.45) is 0. The topological polar surface area (TPSA) is 69.7 Å². The Morgan fingerprint density at radius 1 is 1.03 bits per heavy atom. The van der Waals surface area contributed by atoms with Crippen molar-refractivity contribution in [3.63, 3.8) is 0 Å². The molecule has 1 aliphatic heterocycles. The first-order valence-electron chi connectivity index (χ1n) is 9.07. The molecule has 6 nitrogen and oxygen atoms in total. The van der Waals surface area contributed by atoms with Crippen LogP contribution in [-0.2, 0) is 14.8 Å². The fourth-order valence-corrected chi connectivity index (χ4v) is 5.03. The summed E-state index contributed by atoms with van der Waals surface area (Å²) in [6, 6.07) is 11.3. The maximum absolute atomic E-state index is 13.9. The standard InChI is InChI=1S/C19H20F3N3O3S2/c20-16-3-1-2-4-17(16)30(27,28)25-11-9-24(10-12-25)13-18(26)23-14-5-7-15(8-6-14)29-19(21)22/h1-8,19H,9-13H2,(H,23,26). The Hall–Kier alpha value is -2.08. The highest BCUT2D eigenvalue weighted by molar-refractivity contribution is 7.99. The van der Waals surface area contributed by atoms with E-state index in [1.807, 2.05) is 0 Å². The molecule has 1 saturated heterocycles. The molecule has 2 aromatic rings. The van der Waals surface area contributed by atoms with Gasteiger partial charge in [0.25, 0.3) is 5.76 Å². The number of alkyl halides is 2. The van der Waals surface area contributed by atoms with E-state index >= 15 is 0 Å². The molecule has 162 valence electrons. The minimum Gasteiger partial charge on any atom is -0.325 e.